The topological polar surface area (TPSA) is 61.3 Å². The number of para-hydroxylation sites is 2. The Kier molecular flexibility index (Phi) is 3.69. The fourth-order valence-electron chi connectivity index (χ4n) is 3.49. The third-order valence-electron chi connectivity index (χ3n) is 4.92. The molecule has 6 nitrogen and oxygen atoms in total. The lowest BCUT2D eigenvalue weighted by atomic mass is 10.3. The van der Waals surface area contributed by atoms with Crippen LogP contribution >= 0.6 is 0 Å². The van der Waals surface area contributed by atoms with Crippen molar-refractivity contribution in [2.24, 2.45) is 0 Å². The van der Waals surface area contributed by atoms with Gasteiger partial charge < -0.3 is 9.88 Å². The first-order chi connectivity index (χ1) is 11.2. The van der Waals surface area contributed by atoms with Gasteiger partial charge in [0.05, 0.1) is 11.0 Å². The van der Waals surface area contributed by atoms with Crippen LogP contribution in [0.15, 0.2) is 29.1 Å². The quantitative estimate of drug-likeness (QED) is 0.920. The number of aromatic amines is 1. The van der Waals surface area contributed by atoms with E-state index in [1.165, 1.54) is 12.8 Å². The average Bonchev–Trinajstić information content (AvgIpc) is 3.35. The Balaban J connectivity index is 1.48. The van der Waals surface area contributed by atoms with Crippen LogP contribution in [0, 0.1) is 0 Å². The molecular formula is C17H22N4O2. The first kappa shape index (κ1) is 14.5. The van der Waals surface area contributed by atoms with Crippen LogP contribution in [0.4, 0.5) is 0 Å². The number of benzene rings is 1. The molecule has 1 amide bonds. The van der Waals surface area contributed by atoms with E-state index < -0.39 is 0 Å². The number of amides is 1. The monoisotopic (exact) mass is 314 g/mol. The molecule has 1 N–H and O–H groups in total. The van der Waals surface area contributed by atoms with Crippen LogP contribution in [0.25, 0.3) is 11.0 Å². The van der Waals surface area contributed by atoms with Crippen molar-refractivity contribution >= 4 is 16.9 Å². The van der Waals surface area contributed by atoms with Gasteiger partial charge in [-0.05, 0) is 31.4 Å². The van der Waals surface area contributed by atoms with E-state index in [2.05, 4.69) is 9.88 Å². The SMILES string of the molecule is O=C(Cn1c(=O)[nH]c2ccccc21)N1CCCN(C2CC2)CC1. The molecule has 6 heteroatoms. The van der Waals surface area contributed by atoms with Crippen LogP contribution in [0.2, 0.25) is 0 Å². The number of aromatic nitrogens is 2. The second-order valence-corrected chi connectivity index (χ2v) is 6.53. The lowest BCUT2D eigenvalue weighted by molar-refractivity contribution is -0.131. The van der Waals surface area contributed by atoms with Crippen molar-refractivity contribution in [2.75, 3.05) is 26.2 Å². The Bertz CT molecular complexity index is 774. The fraction of sp³-hybridized carbons (Fsp3) is 0.529. The number of hydrogen-bond acceptors (Lipinski definition) is 3. The van der Waals surface area contributed by atoms with Gasteiger partial charge in [0.1, 0.15) is 6.54 Å². The summed E-state index contributed by atoms with van der Waals surface area (Å²) in [4.78, 5) is 32.0. The third kappa shape index (κ3) is 2.91. The van der Waals surface area contributed by atoms with E-state index >= 15 is 0 Å². The van der Waals surface area contributed by atoms with E-state index in [0.717, 1.165) is 49.7 Å². The lowest BCUT2D eigenvalue weighted by Gasteiger charge is -2.22. The zero-order valence-electron chi connectivity index (χ0n) is 13.2. The molecule has 23 heavy (non-hydrogen) atoms. The normalized spacial score (nSPS) is 19.9. The molecule has 1 saturated carbocycles. The van der Waals surface area contributed by atoms with Crippen molar-refractivity contribution in [1.82, 2.24) is 19.4 Å². The number of carbonyl (C=O) groups excluding carboxylic acids is 1. The van der Waals surface area contributed by atoms with Gasteiger partial charge in [0, 0.05) is 32.2 Å². The number of imidazole rings is 1. The molecule has 0 radical (unpaired) electrons. The van der Waals surface area contributed by atoms with Crippen LogP contribution < -0.4 is 5.69 Å². The van der Waals surface area contributed by atoms with Gasteiger partial charge in [-0.3, -0.25) is 14.3 Å². The van der Waals surface area contributed by atoms with Crippen molar-refractivity contribution in [3.63, 3.8) is 0 Å². The summed E-state index contributed by atoms with van der Waals surface area (Å²) in [7, 11) is 0. The van der Waals surface area contributed by atoms with E-state index in [1.807, 2.05) is 29.2 Å². The molecule has 1 aromatic carbocycles. The maximum Gasteiger partial charge on any atom is 0.326 e. The summed E-state index contributed by atoms with van der Waals surface area (Å²) in [6.45, 7) is 3.72. The maximum atomic E-state index is 12.6. The fourth-order valence-corrected chi connectivity index (χ4v) is 3.49. The van der Waals surface area contributed by atoms with Crippen LogP contribution in [-0.2, 0) is 11.3 Å². The molecule has 1 saturated heterocycles. The molecule has 1 aromatic heterocycles. The molecular weight excluding hydrogens is 292 g/mol. The zero-order chi connectivity index (χ0) is 15.8. The highest BCUT2D eigenvalue weighted by Gasteiger charge is 2.30. The Hall–Kier alpha value is -2.08. The first-order valence-electron chi connectivity index (χ1n) is 8.42. The molecule has 2 aromatic rings. The molecule has 2 fully saturated rings. The number of nitrogens with one attached hydrogen (secondary N) is 1. The Morgan fingerprint density at radius 2 is 1.96 bits per heavy atom. The summed E-state index contributed by atoms with van der Waals surface area (Å²) in [6.07, 6.45) is 3.63. The summed E-state index contributed by atoms with van der Waals surface area (Å²) in [5, 5.41) is 0. The number of carbonyl (C=O) groups is 1. The standard InChI is InChI=1S/C17H22N4O2/c22-16(20-9-3-8-19(10-11-20)13-6-7-13)12-21-15-5-2-1-4-14(15)18-17(21)23/h1-2,4-5,13H,3,6-12H2,(H,18,23). The predicted molar refractivity (Wildman–Crippen MR) is 88.4 cm³/mol. The van der Waals surface area contributed by atoms with Crippen molar-refractivity contribution in [2.45, 2.75) is 31.8 Å². The smallest absolute Gasteiger partial charge is 0.326 e. The second-order valence-electron chi connectivity index (χ2n) is 6.53. The minimum atomic E-state index is -0.214. The number of nitrogens with zero attached hydrogens (tertiary/aromatic N) is 3. The molecule has 0 spiro atoms. The average molecular weight is 314 g/mol. The van der Waals surface area contributed by atoms with Gasteiger partial charge in [-0.15, -0.1) is 0 Å². The Labute approximate surface area is 134 Å². The molecule has 1 aliphatic heterocycles. The van der Waals surface area contributed by atoms with Gasteiger partial charge in [0.15, 0.2) is 0 Å². The molecule has 1 aliphatic carbocycles. The molecule has 4 rings (SSSR count). The summed E-state index contributed by atoms with van der Waals surface area (Å²) in [6, 6.07) is 8.25. The van der Waals surface area contributed by atoms with E-state index in [4.69, 9.17) is 0 Å². The number of fused-ring (bicyclic) bond motifs is 1. The second kappa shape index (κ2) is 5.85. The van der Waals surface area contributed by atoms with Crippen LogP contribution in [0.1, 0.15) is 19.3 Å². The lowest BCUT2D eigenvalue weighted by Crippen LogP contribution is -2.38. The van der Waals surface area contributed by atoms with Crippen molar-refractivity contribution < 1.29 is 4.79 Å². The van der Waals surface area contributed by atoms with Gasteiger partial charge in [-0.2, -0.15) is 0 Å². The van der Waals surface area contributed by atoms with Crippen molar-refractivity contribution in [1.29, 1.82) is 0 Å². The molecule has 0 bridgehead atoms. The van der Waals surface area contributed by atoms with Gasteiger partial charge >= 0.3 is 5.69 Å². The zero-order valence-corrected chi connectivity index (χ0v) is 13.2. The molecule has 122 valence electrons. The summed E-state index contributed by atoms with van der Waals surface area (Å²) >= 11 is 0. The van der Waals surface area contributed by atoms with E-state index in [0.29, 0.717) is 0 Å². The summed E-state index contributed by atoms with van der Waals surface area (Å²) < 4.78 is 1.54. The maximum absolute atomic E-state index is 12.6. The van der Waals surface area contributed by atoms with Crippen molar-refractivity contribution in [3.05, 3.63) is 34.7 Å². The highest BCUT2D eigenvalue weighted by Crippen LogP contribution is 2.27. The van der Waals surface area contributed by atoms with Crippen LogP contribution in [0.3, 0.4) is 0 Å². The molecule has 2 aliphatic rings. The van der Waals surface area contributed by atoms with Crippen LogP contribution in [-0.4, -0.2) is 57.5 Å². The molecule has 0 atom stereocenters. The van der Waals surface area contributed by atoms with E-state index in [-0.39, 0.29) is 18.1 Å². The van der Waals surface area contributed by atoms with Crippen molar-refractivity contribution in [3.8, 4) is 0 Å². The number of rotatable bonds is 3. The number of H-pyrrole nitrogens is 1. The number of hydrogen-bond donors (Lipinski definition) is 1. The first-order valence-corrected chi connectivity index (χ1v) is 8.42. The van der Waals surface area contributed by atoms with E-state index in [9.17, 15) is 9.59 Å². The Morgan fingerprint density at radius 3 is 2.78 bits per heavy atom. The van der Waals surface area contributed by atoms with Crippen LogP contribution in [0.5, 0.6) is 0 Å². The summed E-state index contributed by atoms with van der Waals surface area (Å²) in [5.74, 6) is 0.0366. The highest BCUT2D eigenvalue weighted by atomic mass is 16.2. The minimum absolute atomic E-state index is 0.0366. The van der Waals surface area contributed by atoms with Gasteiger partial charge in [-0.25, -0.2) is 4.79 Å². The van der Waals surface area contributed by atoms with Gasteiger partial charge in [0.25, 0.3) is 0 Å². The minimum Gasteiger partial charge on any atom is -0.340 e. The third-order valence-corrected chi connectivity index (χ3v) is 4.92. The molecule has 0 unspecified atom stereocenters. The largest absolute Gasteiger partial charge is 0.340 e. The Morgan fingerprint density at radius 1 is 1.13 bits per heavy atom. The predicted octanol–water partition coefficient (Wildman–Crippen LogP) is 1.03. The summed E-state index contributed by atoms with van der Waals surface area (Å²) in [5.41, 5.74) is 1.36. The molecule has 2 heterocycles. The van der Waals surface area contributed by atoms with Gasteiger partial charge in [-0.1, -0.05) is 12.1 Å². The highest BCUT2D eigenvalue weighted by molar-refractivity contribution is 5.80. The van der Waals surface area contributed by atoms with Gasteiger partial charge in [0.2, 0.25) is 5.91 Å². The van der Waals surface area contributed by atoms with E-state index in [1.54, 1.807) is 4.57 Å².